The summed E-state index contributed by atoms with van der Waals surface area (Å²) in [6.07, 6.45) is 3.24. The van der Waals surface area contributed by atoms with E-state index in [9.17, 15) is 14.4 Å². The third kappa shape index (κ3) is 2.53. The minimum atomic E-state index is -0.907. The second-order valence-electron chi connectivity index (χ2n) is 5.49. The van der Waals surface area contributed by atoms with Crippen molar-refractivity contribution >= 4 is 17.7 Å². The summed E-state index contributed by atoms with van der Waals surface area (Å²) in [5, 5.41) is 2.18. The zero-order valence-corrected chi connectivity index (χ0v) is 10.6. The van der Waals surface area contributed by atoms with Gasteiger partial charge >= 0.3 is 0 Å². The van der Waals surface area contributed by atoms with Crippen LogP contribution in [0.2, 0.25) is 0 Å². The van der Waals surface area contributed by atoms with Crippen LogP contribution < -0.4 is 11.1 Å². The Morgan fingerprint density at radius 3 is 2.56 bits per heavy atom. The van der Waals surface area contributed by atoms with Crippen LogP contribution in [0.3, 0.4) is 0 Å². The summed E-state index contributed by atoms with van der Waals surface area (Å²) in [6, 6.07) is 0. The third-order valence-corrected chi connectivity index (χ3v) is 3.69. The Morgan fingerprint density at radius 1 is 1.39 bits per heavy atom. The van der Waals surface area contributed by atoms with E-state index in [1.165, 1.54) is 4.90 Å². The van der Waals surface area contributed by atoms with Crippen molar-refractivity contribution in [3.63, 3.8) is 0 Å². The van der Waals surface area contributed by atoms with Crippen LogP contribution in [0.4, 0.5) is 0 Å². The van der Waals surface area contributed by atoms with E-state index < -0.39 is 17.4 Å². The Hall–Kier alpha value is -1.43. The summed E-state index contributed by atoms with van der Waals surface area (Å²) in [7, 11) is 0. The van der Waals surface area contributed by atoms with Gasteiger partial charge in [0.2, 0.25) is 17.7 Å². The lowest BCUT2D eigenvalue weighted by Gasteiger charge is -2.39. The lowest BCUT2D eigenvalue weighted by molar-refractivity contribution is -0.149. The molecule has 1 saturated heterocycles. The predicted octanol–water partition coefficient (Wildman–Crippen LogP) is -0.621. The average Bonchev–Trinajstić information content (AvgIpc) is 2.26. The van der Waals surface area contributed by atoms with Gasteiger partial charge in [0.15, 0.2) is 0 Å². The second kappa shape index (κ2) is 4.68. The Labute approximate surface area is 106 Å². The maximum absolute atomic E-state index is 12.4. The van der Waals surface area contributed by atoms with Gasteiger partial charge in [-0.05, 0) is 18.8 Å². The number of nitrogens with two attached hydrogens (primary N) is 1. The summed E-state index contributed by atoms with van der Waals surface area (Å²) in [5.41, 5.74) is 5.27. The SMILES string of the molecule is CC1CCCC(N)(C(=O)N2CC(=O)NC(=O)C2)C1. The highest BCUT2D eigenvalue weighted by Gasteiger charge is 2.42. The van der Waals surface area contributed by atoms with Crippen molar-refractivity contribution < 1.29 is 14.4 Å². The highest BCUT2D eigenvalue weighted by Crippen LogP contribution is 2.31. The highest BCUT2D eigenvalue weighted by molar-refractivity contribution is 6.03. The second-order valence-corrected chi connectivity index (χ2v) is 5.49. The van der Waals surface area contributed by atoms with E-state index in [2.05, 4.69) is 12.2 Å². The zero-order chi connectivity index (χ0) is 13.3. The van der Waals surface area contributed by atoms with Gasteiger partial charge in [0.25, 0.3) is 0 Å². The number of nitrogens with one attached hydrogen (secondary N) is 1. The molecule has 1 saturated carbocycles. The van der Waals surface area contributed by atoms with E-state index in [1.54, 1.807) is 0 Å². The van der Waals surface area contributed by atoms with Gasteiger partial charge in [0.1, 0.15) is 13.1 Å². The van der Waals surface area contributed by atoms with Gasteiger partial charge in [0.05, 0.1) is 5.54 Å². The van der Waals surface area contributed by atoms with E-state index in [0.717, 1.165) is 12.8 Å². The number of hydrogen-bond donors (Lipinski definition) is 2. The van der Waals surface area contributed by atoms with Crippen LogP contribution in [0.1, 0.15) is 32.6 Å². The first-order chi connectivity index (χ1) is 8.40. The largest absolute Gasteiger partial charge is 0.322 e. The molecule has 3 N–H and O–H groups in total. The number of carbonyl (C=O) groups is 3. The molecule has 2 atom stereocenters. The predicted molar refractivity (Wildman–Crippen MR) is 64.3 cm³/mol. The molecule has 0 bridgehead atoms. The Bertz CT molecular complexity index is 380. The smallest absolute Gasteiger partial charge is 0.246 e. The summed E-state index contributed by atoms with van der Waals surface area (Å²) in [5.74, 6) is -0.738. The maximum Gasteiger partial charge on any atom is 0.246 e. The lowest BCUT2D eigenvalue weighted by Crippen LogP contribution is -2.62. The fourth-order valence-corrected chi connectivity index (χ4v) is 2.88. The van der Waals surface area contributed by atoms with Crippen LogP contribution in [0.15, 0.2) is 0 Å². The molecule has 2 fully saturated rings. The normalized spacial score (nSPS) is 33.2. The molecule has 1 aliphatic carbocycles. The molecule has 3 amide bonds. The van der Waals surface area contributed by atoms with Crippen LogP contribution in [0, 0.1) is 5.92 Å². The Morgan fingerprint density at radius 2 is 2.00 bits per heavy atom. The first kappa shape index (κ1) is 13.0. The van der Waals surface area contributed by atoms with E-state index in [4.69, 9.17) is 5.73 Å². The fourth-order valence-electron chi connectivity index (χ4n) is 2.88. The van der Waals surface area contributed by atoms with Crippen LogP contribution in [-0.4, -0.2) is 41.2 Å². The molecule has 18 heavy (non-hydrogen) atoms. The molecule has 0 aromatic rings. The Kier molecular flexibility index (Phi) is 3.38. The van der Waals surface area contributed by atoms with Crippen molar-refractivity contribution in [3.8, 4) is 0 Å². The van der Waals surface area contributed by atoms with Gasteiger partial charge in [-0.15, -0.1) is 0 Å². The zero-order valence-electron chi connectivity index (χ0n) is 10.6. The number of nitrogens with zero attached hydrogens (tertiary/aromatic N) is 1. The molecule has 0 aromatic heterocycles. The minimum Gasteiger partial charge on any atom is -0.322 e. The van der Waals surface area contributed by atoms with Crippen LogP contribution in [0.5, 0.6) is 0 Å². The van der Waals surface area contributed by atoms with Gasteiger partial charge in [-0.2, -0.15) is 0 Å². The van der Waals surface area contributed by atoms with Crippen LogP contribution in [0.25, 0.3) is 0 Å². The number of rotatable bonds is 1. The van der Waals surface area contributed by atoms with Crippen LogP contribution in [-0.2, 0) is 14.4 Å². The summed E-state index contributed by atoms with van der Waals surface area (Å²) in [4.78, 5) is 36.2. The monoisotopic (exact) mass is 253 g/mol. The molecule has 6 nitrogen and oxygen atoms in total. The molecular weight excluding hydrogens is 234 g/mol. The summed E-state index contributed by atoms with van der Waals surface area (Å²) >= 11 is 0. The molecule has 0 spiro atoms. The van der Waals surface area contributed by atoms with Gasteiger partial charge in [-0.25, -0.2) is 0 Å². The van der Waals surface area contributed by atoms with Crippen molar-refractivity contribution in [3.05, 3.63) is 0 Å². The standard InChI is InChI=1S/C12H19N3O3/c1-8-3-2-4-12(13,5-8)11(18)15-6-9(16)14-10(17)7-15/h8H,2-7,13H2,1H3,(H,14,16,17). The average molecular weight is 253 g/mol. The van der Waals surface area contributed by atoms with E-state index in [1.807, 2.05) is 0 Å². The molecular formula is C12H19N3O3. The van der Waals surface area contributed by atoms with Crippen LogP contribution >= 0.6 is 0 Å². The number of imide groups is 1. The quantitative estimate of drug-likeness (QED) is 0.609. The molecule has 2 aliphatic rings. The topological polar surface area (TPSA) is 92.5 Å². The van der Waals surface area contributed by atoms with Crippen molar-refractivity contribution in [1.82, 2.24) is 10.2 Å². The summed E-state index contributed by atoms with van der Waals surface area (Å²) < 4.78 is 0. The van der Waals surface area contributed by atoms with Gasteiger partial charge < -0.3 is 10.6 Å². The number of piperazine rings is 1. The lowest BCUT2D eigenvalue weighted by atomic mass is 9.76. The van der Waals surface area contributed by atoms with Gasteiger partial charge in [-0.3, -0.25) is 19.7 Å². The molecule has 0 aromatic carbocycles. The third-order valence-electron chi connectivity index (χ3n) is 3.69. The van der Waals surface area contributed by atoms with E-state index in [-0.39, 0.29) is 19.0 Å². The van der Waals surface area contributed by atoms with Crippen molar-refractivity contribution in [1.29, 1.82) is 0 Å². The Balaban J connectivity index is 2.10. The number of amides is 3. The molecule has 1 aliphatic heterocycles. The molecule has 6 heteroatoms. The van der Waals surface area contributed by atoms with Gasteiger partial charge in [-0.1, -0.05) is 19.8 Å². The van der Waals surface area contributed by atoms with Crippen molar-refractivity contribution in [2.24, 2.45) is 11.7 Å². The number of carbonyl (C=O) groups excluding carboxylic acids is 3. The molecule has 0 radical (unpaired) electrons. The first-order valence-electron chi connectivity index (χ1n) is 6.32. The first-order valence-corrected chi connectivity index (χ1v) is 6.32. The van der Waals surface area contributed by atoms with E-state index >= 15 is 0 Å². The minimum absolute atomic E-state index is 0.0715. The highest BCUT2D eigenvalue weighted by atomic mass is 16.2. The van der Waals surface area contributed by atoms with Crippen molar-refractivity contribution in [2.45, 2.75) is 38.1 Å². The molecule has 2 unspecified atom stereocenters. The van der Waals surface area contributed by atoms with Crippen molar-refractivity contribution in [2.75, 3.05) is 13.1 Å². The summed E-state index contributed by atoms with van der Waals surface area (Å²) in [6.45, 7) is 1.93. The van der Waals surface area contributed by atoms with Gasteiger partial charge in [0, 0.05) is 0 Å². The maximum atomic E-state index is 12.4. The molecule has 100 valence electrons. The number of hydrogen-bond acceptors (Lipinski definition) is 4. The fraction of sp³-hybridized carbons (Fsp3) is 0.750. The molecule has 1 heterocycles. The molecule has 2 rings (SSSR count). The van der Waals surface area contributed by atoms with E-state index in [0.29, 0.717) is 18.8 Å².